The molecule has 1 aromatic heterocycles. The molecule has 0 amide bonds. The van der Waals surface area contributed by atoms with Gasteiger partial charge in [-0.2, -0.15) is 10.2 Å². The first-order valence-electron chi connectivity index (χ1n) is 6.97. The number of nitriles is 1. The Bertz CT molecular complexity index is 728. The summed E-state index contributed by atoms with van der Waals surface area (Å²) in [4.78, 5) is 4.08. The minimum atomic E-state index is -0.411. The normalized spacial score (nSPS) is 10.6. The molecule has 0 atom stereocenters. The molecule has 23 heavy (non-hydrogen) atoms. The highest BCUT2D eigenvalue weighted by Gasteiger charge is 2.19. The molecule has 0 radical (unpaired) electrons. The molecule has 2 aromatic rings. The second-order valence-corrected chi connectivity index (χ2v) is 7.18. The van der Waals surface area contributed by atoms with Crippen LogP contribution >= 0.6 is 45.2 Å². The van der Waals surface area contributed by atoms with Crippen LogP contribution in [0.2, 0.25) is 0 Å². The van der Waals surface area contributed by atoms with Gasteiger partial charge in [0.25, 0.3) is 0 Å². The van der Waals surface area contributed by atoms with Crippen molar-refractivity contribution in [2.75, 3.05) is 18.5 Å². The fourth-order valence-electron chi connectivity index (χ4n) is 1.96. The van der Waals surface area contributed by atoms with E-state index in [0.29, 0.717) is 10.1 Å². The minimum absolute atomic E-state index is 0.0911. The predicted molar refractivity (Wildman–Crippen MR) is 101 cm³/mol. The van der Waals surface area contributed by atoms with Gasteiger partial charge in [-0.05, 0) is 76.6 Å². The van der Waals surface area contributed by atoms with E-state index in [1.165, 1.54) is 0 Å². The Balaban J connectivity index is 2.21. The van der Waals surface area contributed by atoms with Crippen LogP contribution < -0.4 is 5.32 Å². The summed E-state index contributed by atoms with van der Waals surface area (Å²) in [6, 6.07) is 5.30. The summed E-state index contributed by atoms with van der Waals surface area (Å²) >= 11 is 4.00. The second kappa shape index (κ2) is 8.79. The zero-order valence-electron chi connectivity index (χ0n) is 12.1. The van der Waals surface area contributed by atoms with E-state index in [4.69, 9.17) is 14.8 Å². The van der Waals surface area contributed by atoms with Crippen molar-refractivity contribution in [3.63, 3.8) is 0 Å². The van der Waals surface area contributed by atoms with Crippen LogP contribution in [0.5, 0.6) is 0 Å². The van der Waals surface area contributed by atoms with E-state index in [9.17, 15) is 4.39 Å². The Morgan fingerprint density at radius 1 is 1.30 bits per heavy atom. The van der Waals surface area contributed by atoms with Crippen LogP contribution in [0, 0.1) is 24.3 Å². The van der Waals surface area contributed by atoms with Gasteiger partial charge in [-0.3, -0.25) is 0 Å². The first kappa shape index (κ1) is 18.4. The quantitative estimate of drug-likeness (QED) is 0.313. The van der Waals surface area contributed by atoms with Crippen molar-refractivity contribution in [3.05, 3.63) is 30.8 Å². The largest absolute Gasteiger partial charge is 0.419 e. The molecule has 5 nitrogen and oxygen atoms in total. The van der Waals surface area contributed by atoms with Gasteiger partial charge in [0.1, 0.15) is 11.9 Å². The van der Waals surface area contributed by atoms with Gasteiger partial charge in [0, 0.05) is 16.7 Å². The lowest BCUT2D eigenvalue weighted by atomic mass is 10.2. The number of oxazole rings is 1. The number of benzene rings is 1. The average Bonchev–Trinajstić information content (AvgIpc) is 2.93. The van der Waals surface area contributed by atoms with Gasteiger partial charge in [-0.25, -0.2) is 4.39 Å². The van der Waals surface area contributed by atoms with Crippen molar-refractivity contribution in [2.45, 2.75) is 19.3 Å². The lowest BCUT2D eigenvalue weighted by Crippen LogP contribution is -2.02. The maximum absolute atomic E-state index is 14.3. The van der Waals surface area contributed by atoms with E-state index in [0.717, 1.165) is 22.8 Å². The SMILES string of the molecule is N#Cc1nc(-c2cc(I)cc(I)c2F)oc1NCCCCCO. The van der Waals surface area contributed by atoms with Crippen LogP contribution in [-0.4, -0.2) is 23.2 Å². The number of rotatable bonds is 7. The van der Waals surface area contributed by atoms with Crippen LogP contribution in [0.15, 0.2) is 16.5 Å². The second-order valence-electron chi connectivity index (χ2n) is 4.77. The highest BCUT2D eigenvalue weighted by molar-refractivity contribution is 14.1. The lowest BCUT2D eigenvalue weighted by molar-refractivity contribution is 0.283. The zero-order chi connectivity index (χ0) is 16.8. The van der Waals surface area contributed by atoms with Crippen LogP contribution in [0.25, 0.3) is 11.5 Å². The molecule has 8 heteroatoms. The highest BCUT2D eigenvalue weighted by Crippen LogP contribution is 2.31. The summed E-state index contributed by atoms with van der Waals surface area (Å²) in [5, 5.41) is 20.9. The standard InChI is InChI=1S/C15H14FI2N3O2/c16-13-10(6-9(17)7-11(13)18)14-21-12(8-19)15(23-14)20-4-2-1-3-5-22/h6-7,20,22H,1-5H2. The van der Waals surface area contributed by atoms with Crippen molar-refractivity contribution in [2.24, 2.45) is 0 Å². The van der Waals surface area contributed by atoms with E-state index in [1.54, 1.807) is 12.1 Å². The first-order chi connectivity index (χ1) is 11.1. The van der Waals surface area contributed by atoms with E-state index in [-0.39, 0.29) is 29.6 Å². The van der Waals surface area contributed by atoms with E-state index < -0.39 is 5.82 Å². The summed E-state index contributed by atoms with van der Waals surface area (Å²) in [6.07, 6.45) is 2.44. The molecule has 122 valence electrons. The Hall–Kier alpha value is -0.930. The maximum atomic E-state index is 14.3. The van der Waals surface area contributed by atoms with Crippen molar-refractivity contribution >= 4 is 51.1 Å². The zero-order valence-corrected chi connectivity index (χ0v) is 16.4. The minimum Gasteiger partial charge on any atom is -0.419 e. The molecule has 0 aliphatic rings. The third-order valence-corrected chi connectivity index (χ3v) is 4.48. The molecule has 0 bridgehead atoms. The summed E-state index contributed by atoms with van der Waals surface area (Å²) in [5.74, 6) is -0.0700. The van der Waals surface area contributed by atoms with Gasteiger partial charge in [0.05, 0.1) is 9.13 Å². The predicted octanol–water partition coefficient (Wildman–Crippen LogP) is 4.14. The average molecular weight is 541 g/mol. The molecule has 0 saturated heterocycles. The Morgan fingerprint density at radius 2 is 2.09 bits per heavy atom. The number of hydrogen-bond acceptors (Lipinski definition) is 5. The fourth-order valence-corrected chi connectivity index (χ4v) is 3.80. The van der Waals surface area contributed by atoms with Crippen LogP contribution in [-0.2, 0) is 0 Å². The van der Waals surface area contributed by atoms with E-state index >= 15 is 0 Å². The molecule has 0 aliphatic carbocycles. The van der Waals surface area contributed by atoms with Gasteiger partial charge in [-0.15, -0.1) is 0 Å². The molecular formula is C15H14FI2N3O2. The number of aliphatic hydroxyl groups excluding tert-OH is 1. The summed E-state index contributed by atoms with van der Waals surface area (Å²) in [5.41, 5.74) is 0.349. The topological polar surface area (TPSA) is 82.1 Å². The number of anilines is 1. The lowest BCUT2D eigenvalue weighted by Gasteiger charge is -2.03. The molecule has 2 N–H and O–H groups in total. The van der Waals surface area contributed by atoms with Gasteiger partial charge in [0.2, 0.25) is 17.5 Å². The monoisotopic (exact) mass is 541 g/mol. The van der Waals surface area contributed by atoms with Crippen molar-refractivity contribution in [3.8, 4) is 17.5 Å². The van der Waals surface area contributed by atoms with Crippen molar-refractivity contribution < 1.29 is 13.9 Å². The third kappa shape index (κ3) is 4.77. The van der Waals surface area contributed by atoms with Crippen LogP contribution in [0.4, 0.5) is 10.3 Å². The molecule has 2 rings (SSSR count). The molecule has 0 unspecified atom stereocenters. The summed E-state index contributed by atoms with van der Waals surface area (Å²) < 4.78 is 21.1. The number of aromatic nitrogens is 1. The smallest absolute Gasteiger partial charge is 0.233 e. The Morgan fingerprint density at radius 3 is 2.78 bits per heavy atom. The Labute approximate surface area is 160 Å². The van der Waals surface area contributed by atoms with Gasteiger partial charge in [0.15, 0.2) is 0 Å². The number of halogens is 3. The molecule has 0 saturated carbocycles. The molecular weight excluding hydrogens is 527 g/mol. The summed E-state index contributed by atoms with van der Waals surface area (Å²) in [6.45, 7) is 0.760. The number of hydrogen-bond donors (Lipinski definition) is 2. The molecule has 1 heterocycles. The fraction of sp³-hybridized carbons (Fsp3) is 0.333. The molecule has 0 aliphatic heterocycles. The molecule has 0 fully saturated rings. The third-order valence-electron chi connectivity index (χ3n) is 3.08. The van der Waals surface area contributed by atoms with Gasteiger partial charge in [-0.1, -0.05) is 0 Å². The summed E-state index contributed by atoms with van der Waals surface area (Å²) in [7, 11) is 0. The first-order valence-corrected chi connectivity index (χ1v) is 9.13. The van der Waals surface area contributed by atoms with E-state index in [2.05, 4.69) is 32.9 Å². The Kier molecular flexibility index (Phi) is 7.04. The van der Waals surface area contributed by atoms with Crippen LogP contribution in [0.1, 0.15) is 25.0 Å². The van der Waals surface area contributed by atoms with E-state index in [1.807, 2.05) is 28.7 Å². The van der Waals surface area contributed by atoms with Crippen LogP contribution in [0.3, 0.4) is 0 Å². The van der Waals surface area contributed by atoms with Crippen molar-refractivity contribution in [1.82, 2.24) is 4.98 Å². The maximum Gasteiger partial charge on any atom is 0.233 e. The number of nitrogens with zero attached hydrogens (tertiary/aromatic N) is 2. The van der Waals surface area contributed by atoms with Gasteiger partial charge < -0.3 is 14.8 Å². The van der Waals surface area contributed by atoms with Gasteiger partial charge >= 0.3 is 0 Å². The number of nitrogens with one attached hydrogen (secondary N) is 1. The molecule has 0 spiro atoms. The van der Waals surface area contributed by atoms with Crippen molar-refractivity contribution in [1.29, 1.82) is 5.26 Å². The molecule has 1 aromatic carbocycles. The number of unbranched alkanes of at least 4 members (excludes halogenated alkanes) is 2. The number of aliphatic hydroxyl groups is 1. The highest BCUT2D eigenvalue weighted by atomic mass is 127.